The summed E-state index contributed by atoms with van der Waals surface area (Å²) in [7, 11) is 0. The van der Waals surface area contributed by atoms with Gasteiger partial charge in [-0.3, -0.25) is 24.2 Å². The summed E-state index contributed by atoms with van der Waals surface area (Å²) in [5.74, 6) is -0.481. The number of carbonyl (C=O) groups excluding carboxylic acids is 3. The molecule has 9 heteroatoms. The Morgan fingerprint density at radius 2 is 1.71 bits per heavy atom. The predicted molar refractivity (Wildman–Crippen MR) is 140 cm³/mol. The highest BCUT2D eigenvalue weighted by atomic mass is 32.2. The van der Waals surface area contributed by atoms with Crippen molar-refractivity contribution in [2.45, 2.75) is 20.4 Å². The van der Waals surface area contributed by atoms with Gasteiger partial charge in [0.1, 0.15) is 16.6 Å². The molecule has 0 saturated carbocycles. The molecule has 0 atom stereocenters. The van der Waals surface area contributed by atoms with Gasteiger partial charge in [0.15, 0.2) is 0 Å². The Morgan fingerprint density at radius 1 is 0.971 bits per heavy atom. The van der Waals surface area contributed by atoms with E-state index in [1.807, 2.05) is 32.0 Å². The molecule has 1 saturated heterocycles. The van der Waals surface area contributed by atoms with Crippen LogP contribution in [0.4, 0.5) is 11.4 Å². The summed E-state index contributed by atoms with van der Waals surface area (Å²) in [6.07, 6.45) is 1.53. The smallest absolute Gasteiger partial charge is 0.267 e. The van der Waals surface area contributed by atoms with Crippen molar-refractivity contribution < 1.29 is 18.8 Å². The molecule has 7 nitrogen and oxygen atoms in total. The number of furan rings is 1. The Hall–Kier alpha value is -3.69. The number of nitrogens with zero attached hydrogens (tertiary/aromatic N) is 2. The average molecular weight is 504 g/mol. The fourth-order valence-corrected chi connectivity index (χ4v) is 5.56. The van der Waals surface area contributed by atoms with Crippen LogP contribution in [0.5, 0.6) is 0 Å². The van der Waals surface area contributed by atoms with E-state index in [1.54, 1.807) is 36.4 Å². The van der Waals surface area contributed by atoms with E-state index >= 15 is 0 Å². The van der Waals surface area contributed by atoms with Crippen LogP contribution in [-0.2, 0) is 20.9 Å². The molecule has 2 aliphatic heterocycles. The van der Waals surface area contributed by atoms with Crippen LogP contribution in [0.2, 0.25) is 0 Å². The SMILES string of the molecule is Cc1cccc(C)c1NC(=O)CN1C(=O)C(=C2SC(=S)N(Cc3ccco3)C2=O)c2ccccc21. The molecule has 0 unspecified atom stereocenters. The van der Waals surface area contributed by atoms with Crippen molar-refractivity contribution in [2.24, 2.45) is 0 Å². The normalized spacial score (nSPS) is 17.4. The third-order valence-corrected chi connectivity index (χ3v) is 7.39. The maximum absolute atomic E-state index is 13.6. The summed E-state index contributed by atoms with van der Waals surface area (Å²) >= 11 is 6.53. The zero-order valence-corrected chi connectivity index (χ0v) is 20.7. The first-order chi connectivity index (χ1) is 16.8. The fourth-order valence-electron chi connectivity index (χ4n) is 4.23. The molecule has 3 amide bonds. The van der Waals surface area contributed by atoms with Gasteiger partial charge in [-0.25, -0.2) is 0 Å². The van der Waals surface area contributed by atoms with Gasteiger partial charge in [0, 0.05) is 11.3 Å². The first-order valence-electron chi connectivity index (χ1n) is 10.9. The Morgan fingerprint density at radius 3 is 2.43 bits per heavy atom. The lowest BCUT2D eigenvalue weighted by Crippen LogP contribution is -2.36. The van der Waals surface area contributed by atoms with Crippen LogP contribution in [0.3, 0.4) is 0 Å². The number of thiocarbonyl (C=S) groups is 1. The topological polar surface area (TPSA) is 82.9 Å². The number of carbonyl (C=O) groups is 3. The molecule has 1 aromatic heterocycles. The number of anilines is 2. The van der Waals surface area contributed by atoms with E-state index in [0.29, 0.717) is 21.3 Å². The second kappa shape index (κ2) is 9.16. The van der Waals surface area contributed by atoms with Gasteiger partial charge in [0.05, 0.1) is 29.0 Å². The highest BCUT2D eigenvalue weighted by molar-refractivity contribution is 8.26. The van der Waals surface area contributed by atoms with Crippen molar-refractivity contribution in [3.63, 3.8) is 0 Å². The van der Waals surface area contributed by atoms with E-state index in [4.69, 9.17) is 16.6 Å². The molecule has 3 aromatic rings. The molecule has 176 valence electrons. The minimum absolute atomic E-state index is 0.181. The van der Waals surface area contributed by atoms with E-state index in [0.717, 1.165) is 28.6 Å². The van der Waals surface area contributed by atoms with Gasteiger partial charge in [0.2, 0.25) is 5.91 Å². The Kier molecular flexibility index (Phi) is 6.04. The fraction of sp³-hybridized carbons (Fsp3) is 0.154. The van der Waals surface area contributed by atoms with Crippen LogP contribution >= 0.6 is 24.0 Å². The van der Waals surface area contributed by atoms with E-state index < -0.39 is 5.91 Å². The largest absolute Gasteiger partial charge is 0.467 e. The number of hydrogen-bond acceptors (Lipinski definition) is 6. The maximum atomic E-state index is 13.6. The summed E-state index contributed by atoms with van der Waals surface area (Å²) in [5, 5.41) is 2.93. The quantitative estimate of drug-likeness (QED) is 0.403. The van der Waals surface area contributed by atoms with Crippen molar-refractivity contribution in [3.05, 3.63) is 88.2 Å². The van der Waals surface area contributed by atoms with E-state index in [9.17, 15) is 14.4 Å². The number of nitrogens with one attached hydrogen (secondary N) is 1. The van der Waals surface area contributed by atoms with E-state index in [-0.39, 0.29) is 35.4 Å². The Balaban J connectivity index is 1.45. The molecule has 1 fully saturated rings. The zero-order chi connectivity index (χ0) is 24.7. The monoisotopic (exact) mass is 503 g/mol. The average Bonchev–Trinajstić information content (AvgIpc) is 3.51. The maximum Gasteiger partial charge on any atom is 0.267 e. The number of rotatable bonds is 5. The number of hydrogen-bond donors (Lipinski definition) is 1. The molecular formula is C26H21N3O4S2. The molecule has 0 radical (unpaired) electrons. The summed E-state index contributed by atoms with van der Waals surface area (Å²) in [6.45, 7) is 3.84. The first kappa shape index (κ1) is 23.1. The number of para-hydroxylation sites is 2. The minimum atomic E-state index is -0.402. The summed E-state index contributed by atoms with van der Waals surface area (Å²) < 4.78 is 5.71. The van der Waals surface area contributed by atoms with Gasteiger partial charge >= 0.3 is 0 Å². The lowest BCUT2D eigenvalue weighted by Gasteiger charge is -2.18. The third kappa shape index (κ3) is 4.17. The summed E-state index contributed by atoms with van der Waals surface area (Å²) in [4.78, 5) is 43.0. The highest BCUT2D eigenvalue weighted by Gasteiger charge is 2.42. The Bertz CT molecular complexity index is 1390. The summed E-state index contributed by atoms with van der Waals surface area (Å²) in [5.41, 5.74) is 4.06. The van der Waals surface area contributed by atoms with E-state index in [2.05, 4.69) is 5.32 Å². The molecular weight excluding hydrogens is 482 g/mol. The molecule has 35 heavy (non-hydrogen) atoms. The van der Waals surface area contributed by atoms with Gasteiger partial charge < -0.3 is 9.73 Å². The van der Waals surface area contributed by atoms with Crippen LogP contribution in [0.25, 0.3) is 5.57 Å². The van der Waals surface area contributed by atoms with Gasteiger partial charge in [-0.05, 0) is 43.2 Å². The number of fused-ring (bicyclic) bond motifs is 1. The van der Waals surface area contributed by atoms with E-state index in [1.165, 1.54) is 16.1 Å². The molecule has 1 N–H and O–H groups in total. The van der Waals surface area contributed by atoms with Gasteiger partial charge in [-0.1, -0.05) is 60.4 Å². The standard InChI is InChI=1S/C26H21N3O4S2/c1-15-7-5-8-16(2)22(15)27-20(30)14-28-19-11-4-3-10-18(19)21(24(28)31)23-25(32)29(26(34)35-23)13-17-9-6-12-33-17/h3-12H,13-14H2,1-2H3,(H,27,30). The number of amides is 3. The van der Waals surface area contributed by atoms with Crippen LogP contribution < -0.4 is 10.2 Å². The van der Waals surface area contributed by atoms with Crippen molar-refractivity contribution in [1.29, 1.82) is 0 Å². The van der Waals surface area contributed by atoms with Crippen molar-refractivity contribution in [1.82, 2.24) is 4.90 Å². The number of benzene rings is 2. The second-order valence-electron chi connectivity index (χ2n) is 8.27. The summed E-state index contributed by atoms with van der Waals surface area (Å²) in [6, 6.07) is 16.4. The molecule has 0 bridgehead atoms. The van der Waals surface area contributed by atoms with Crippen molar-refractivity contribution in [3.8, 4) is 0 Å². The van der Waals surface area contributed by atoms with Crippen LogP contribution in [0.1, 0.15) is 22.5 Å². The van der Waals surface area contributed by atoms with Crippen LogP contribution in [0, 0.1) is 13.8 Å². The van der Waals surface area contributed by atoms with Crippen LogP contribution in [-0.4, -0.2) is 33.5 Å². The molecule has 0 aliphatic carbocycles. The molecule has 5 rings (SSSR count). The molecule has 0 spiro atoms. The lowest BCUT2D eigenvalue weighted by molar-refractivity contribution is -0.123. The molecule has 2 aromatic carbocycles. The minimum Gasteiger partial charge on any atom is -0.467 e. The Labute approximate surface area is 211 Å². The van der Waals surface area contributed by atoms with Gasteiger partial charge in [-0.15, -0.1) is 0 Å². The predicted octanol–water partition coefficient (Wildman–Crippen LogP) is 4.65. The zero-order valence-electron chi connectivity index (χ0n) is 19.0. The second-order valence-corrected chi connectivity index (χ2v) is 9.91. The first-order valence-corrected chi connectivity index (χ1v) is 12.2. The van der Waals surface area contributed by atoms with Gasteiger partial charge in [-0.2, -0.15) is 0 Å². The number of thioether (sulfide) groups is 1. The van der Waals surface area contributed by atoms with Crippen molar-refractivity contribution in [2.75, 3.05) is 16.8 Å². The molecule has 3 heterocycles. The lowest BCUT2D eigenvalue weighted by atomic mass is 10.1. The third-order valence-electron chi connectivity index (χ3n) is 5.94. The van der Waals surface area contributed by atoms with Crippen molar-refractivity contribution >= 4 is 63.0 Å². The highest BCUT2D eigenvalue weighted by Crippen LogP contribution is 2.44. The van der Waals surface area contributed by atoms with Gasteiger partial charge in [0.25, 0.3) is 11.8 Å². The van der Waals surface area contributed by atoms with Crippen LogP contribution in [0.15, 0.2) is 70.2 Å². The molecule has 2 aliphatic rings. The number of aryl methyl sites for hydroxylation is 2.